The SMILES string of the molecule is CCCCN(CCCC)C(CO)c1cc(Cl)cc2c1-c1ccc(Cl)cc1/C2=C/c1ccc(Cl)cc1. The van der Waals surface area contributed by atoms with Crippen LogP contribution in [0.25, 0.3) is 22.8 Å². The van der Waals surface area contributed by atoms with Crippen molar-refractivity contribution in [3.05, 3.63) is 91.9 Å². The number of nitrogens with zero attached hydrogens (tertiary/aromatic N) is 1. The monoisotopic (exact) mass is 527 g/mol. The lowest BCUT2D eigenvalue weighted by Gasteiger charge is -2.32. The molecule has 0 heterocycles. The largest absolute Gasteiger partial charge is 0.394 e. The molecule has 0 saturated carbocycles. The number of hydrogen-bond acceptors (Lipinski definition) is 2. The molecule has 1 N–H and O–H groups in total. The number of aliphatic hydroxyl groups is 1. The van der Waals surface area contributed by atoms with Gasteiger partial charge in [-0.3, -0.25) is 4.90 Å². The van der Waals surface area contributed by atoms with E-state index in [9.17, 15) is 5.11 Å². The minimum atomic E-state index is -0.126. The van der Waals surface area contributed by atoms with E-state index in [-0.39, 0.29) is 12.6 Å². The van der Waals surface area contributed by atoms with Crippen molar-refractivity contribution >= 4 is 46.5 Å². The van der Waals surface area contributed by atoms with Gasteiger partial charge in [-0.05, 0) is 107 Å². The summed E-state index contributed by atoms with van der Waals surface area (Å²) < 4.78 is 0. The van der Waals surface area contributed by atoms with E-state index in [1.54, 1.807) is 0 Å². The van der Waals surface area contributed by atoms with Gasteiger partial charge in [0.2, 0.25) is 0 Å². The molecule has 3 aromatic carbocycles. The number of hydrogen-bond donors (Lipinski definition) is 1. The first-order chi connectivity index (χ1) is 17.0. The Morgan fingerprint density at radius 3 is 2.03 bits per heavy atom. The maximum atomic E-state index is 10.7. The highest BCUT2D eigenvalue weighted by Crippen LogP contribution is 2.50. The van der Waals surface area contributed by atoms with Crippen LogP contribution in [0.5, 0.6) is 0 Å². The molecule has 0 fully saturated rings. The highest BCUT2D eigenvalue weighted by atomic mass is 35.5. The van der Waals surface area contributed by atoms with Crippen molar-refractivity contribution in [3.63, 3.8) is 0 Å². The molecule has 0 amide bonds. The summed E-state index contributed by atoms with van der Waals surface area (Å²) in [6, 6.07) is 17.8. The molecule has 1 unspecified atom stereocenters. The van der Waals surface area contributed by atoms with Gasteiger partial charge in [-0.2, -0.15) is 0 Å². The first-order valence-electron chi connectivity index (χ1n) is 12.4. The predicted molar refractivity (Wildman–Crippen MR) is 152 cm³/mol. The highest BCUT2D eigenvalue weighted by Gasteiger charge is 2.31. The molecule has 1 atom stereocenters. The van der Waals surface area contributed by atoms with Crippen LogP contribution >= 0.6 is 34.8 Å². The Morgan fingerprint density at radius 1 is 0.771 bits per heavy atom. The van der Waals surface area contributed by atoms with Crippen LogP contribution in [0.2, 0.25) is 15.1 Å². The molecule has 0 saturated heterocycles. The fourth-order valence-corrected chi connectivity index (χ4v) is 5.47. The molecule has 1 aliphatic rings. The molecule has 5 heteroatoms. The summed E-state index contributed by atoms with van der Waals surface area (Å²) in [5.74, 6) is 0. The molecule has 0 spiro atoms. The number of unbranched alkanes of at least 4 members (excludes halogenated alkanes) is 2. The third-order valence-corrected chi connectivity index (χ3v) is 7.42. The van der Waals surface area contributed by atoms with Gasteiger partial charge in [0.05, 0.1) is 12.6 Å². The van der Waals surface area contributed by atoms with E-state index in [0.717, 1.165) is 77.7 Å². The van der Waals surface area contributed by atoms with Crippen molar-refractivity contribution < 1.29 is 5.11 Å². The van der Waals surface area contributed by atoms with Gasteiger partial charge in [0.15, 0.2) is 0 Å². The van der Waals surface area contributed by atoms with Gasteiger partial charge >= 0.3 is 0 Å². The van der Waals surface area contributed by atoms with Crippen molar-refractivity contribution in [1.29, 1.82) is 0 Å². The number of rotatable bonds is 10. The zero-order chi connectivity index (χ0) is 24.9. The minimum Gasteiger partial charge on any atom is -0.394 e. The van der Waals surface area contributed by atoms with Gasteiger partial charge in [0, 0.05) is 15.1 Å². The molecular weight excluding hydrogens is 497 g/mol. The lowest BCUT2D eigenvalue weighted by Crippen LogP contribution is -2.33. The van der Waals surface area contributed by atoms with Crippen molar-refractivity contribution in [1.82, 2.24) is 4.90 Å². The fraction of sp³-hybridized carbons (Fsp3) is 0.333. The van der Waals surface area contributed by atoms with Crippen LogP contribution in [-0.4, -0.2) is 29.7 Å². The maximum absolute atomic E-state index is 10.7. The summed E-state index contributed by atoms with van der Waals surface area (Å²) in [5.41, 5.74) is 7.62. The van der Waals surface area contributed by atoms with Crippen LogP contribution in [0.4, 0.5) is 0 Å². The Kier molecular flexibility index (Phi) is 8.97. The fourth-order valence-electron chi connectivity index (χ4n) is 4.94. The van der Waals surface area contributed by atoms with Crippen molar-refractivity contribution in [2.75, 3.05) is 19.7 Å². The zero-order valence-corrected chi connectivity index (χ0v) is 22.6. The Balaban J connectivity index is 1.90. The predicted octanol–water partition coefficient (Wildman–Crippen LogP) is 9.15. The topological polar surface area (TPSA) is 23.5 Å². The molecular formula is C30H32Cl3NO. The molecule has 1 aliphatic carbocycles. The molecule has 184 valence electrons. The van der Waals surface area contributed by atoms with Gasteiger partial charge in [-0.15, -0.1) is 0 Å². The summed E-state index contributed by atoms with van der Waals surface area (Å²) in [4.78, 5) is 2.43. The normalized spacial score (nSPS) is 14.4. The second-order valence-corrected chi connectivity index (χ2v) is 10.5. The van der Waals surface area contributed by atoms with Crippen LogP contribution in [0.3, 0.4) is 0 Å². The molecule has 0 bridgehead atoms. The Hall–Kier alpha value is -1.81. The first-order valence-corrected chi connectivity index (χ1v) is 13.6. The van der Waals surface area contributed by atoms with Crippen LogP contribution in [0.1, 0.15) is 67.8 Å². The summed E-state index contributed by atoms with van der Waals surface area (Å²) in [6.45, 7) is 6.35. The second-order valence-electron chi connectivity index (χ2n) is 9.16. The standard InChI is InChI=1S/C30H32Cl3NO/c1-3-5-13-34(14-6-4-2)29(19-35)28-18-23(33)17-27-25(15-20-7-9-21(31)10-8-20)26-16-22(32)11-12-24(26)30(27)28/h7-12,15-18,29,35H,3-6,13-14,19H2,1-2H3/b25-15-. The summed E-state index contributed by atoms with van der Waals surface area (Å²) in [7, 11) is 0. The number of halogens is 3. The second kappa shape index (κ2) is 12.0. The zero-order valence-electron chi connectivity index (χ0n) is 20.3. The smallest absolute Gasteiger partial charge is 0.0628 e. The lowest BCUT2D eigenvalue weighted by atomic mass is 9.93. The summed E-state index contributed by atoms with van der Waals surface area (Å²) >= 11 is 19.3. The quantitative estimate of drug-likeness (QED) is 0.222. The Morgan fingerprint density at radius 2 is 1.40 bits per heavy atom. The van der Waals surface area contributed by atoms with Crippen molar-refractivity contribution in [2.24, 2.45) is 0 Å². The van der Waals surface area contributed by atoms with E-state index in [1.165, 1.54) is 0 Å². The van der Waals surface area contributed by atoms with Gasteiger partial charge < -0.3 is 5.11 Å². The van der Waals surface area contributed by atoms with Crippen LogP contribution in [-0.2, 0) is 0 Å². The average Bonchev–Trinajstić information content (AvgIpc) is 3.14. The number of fused-ring (bicyclic) bond motifs is 3. The lowest BCUT2D eigenvalue weighted by molar-refractivity contribution is 0.120. The Labute approximate surface area is 224 Å². The Bertz CT molecular complexity index is 1190. The molecule has 35 heavy (non-hydrogen) atoms. The highest BCUT2D eigenvalue weighted by molar-refractivity contribution is 6.32. The van der Waals surface area contributed by atoms with E-state index in [1.807, 2.05) is 48.5 Å². The molecule has 0 aromatic heterocycles. The van der Waals surface area contributed by atoms with Crippen LogP contribution in [0.15, 0.2) is 54.6 Å². The first kappa shape index (κ1) is 26.3. The molecule has 3 aromatic rings. The van der Waals surface area contributed by atoms with Gasteiger partial charge in [-0.1, -0.05) is 79.7 Å². The number of benzene rings is 3. The molecule has 2 nitrogen and oxygen atoms in total. The molecule has 0 aliphatic heterocycles. The molecule has 0 radical (unpaired) electrons. The third-order valence-electron chi connectivity index (χ3n) is 6.72. The summed E-state index contributed by atoms with van der Waals surface area (Å²) in [6.07, 6.45) is 6.58. The van der Waals surface area contributed by atoms with Crippen LogP contribution in [0, 0.1) is 0 Å². The summed E-state index contributed by atoms with van der Waals surface area (Å²) in [5, 5.41) is 12.7. The third kappa shape index (κ3) is 5.79. The average molecular weight is 529 g/mol. The minimum absolute atomic E-state index is 0.0410. The van der Waals surface area contributed by atoms with Crippen molar-refractivity contribution in [3.8, 4) is 11.1 Å². The van der Waals surface area contributed by atoms with Gasteiger partial charge in [-0.25, -0.2) is 0 Å². The van der Waals surface area contributed by atoms with E-state index >= 15 is 0 Å². The maximum Gasteiger partial charge on any atom is 0.0628 e. The van der Waals surface area contributed by atoms with Crippen LogP contribution < -0.4 is 0 Å². The van der Waals surface area contributed by atoms with Gasteiger partial charge in [0.1, 0.15) is 0 Å². The van der Waals surface area contributed by atoms with Gasteiger partial charge in [0.25, 0.3) is 0 Å². The molecule has 4 rings (SSSR count). The van der Waals surface area contributed by atoms with E-state index in [0.29, 0.717) is 15.1 Å². The van der Waals surface area contributed by atoms with E-state index < -0.39 is 0 Å². The van der Waals surface area contributed by atoms with Crippen molar-refractivity contribution in [2.45, 2.75) is 45.6 Å². The number of aliphatic hydroxyl groups excluding tert-OH is 1. The van der Waals surface area contributed by atoms with E-state index in [4.69, 9.17) is 34.8 Å². The van der Waals surface area contributed by atoms with E-state index in [2.05, 4.69) is 30.9 Å².